The number of hydrogen-bond acceptors (Lipinski definition) is 3. The van der Waals surface area contributed by atoms with Crippen molar-refractivity contribution in [2.75, 3.05) is 0 Å². The van der Waals surface area contributed by atoms with Crippen LogP contribution in [0.25, 0.3) is 0 Å². The van der Waals surface area contributed by atoms with Crippen molar-refractivity contribution in [3.63, 3.8) is 0 Å². The lowest BCUT2D eigenvalue weighted by atomic mass is 10.1. The number of aromatic amines is 1. The number of rotatable bonds is 3. The topological polar surface area (TPSA) is 71.9 Å². The molecular formula is C12H8BrFN2O3. The maximum atomic E-state index is 13.0. The molecule has 0 aliphatic carbocycles. The van der Waals surface area contributed by atoms with Gasteiger partial charge in [0.15, 0.2) is 5.78 Å². The highest BCUT2D eigenvalue weighted by Crippen LogP contribution is 2.06. The fourth-order valence-corrected chi connectivity index (χ4v) is 1.85. The number of H-pyrrole nitrogens is 1. The fourth-order valence-electron chi connectivity index (χ4n) is 1.51. The quantitative estimate of drug-likeness (QED) is 0.865. The van der Waals surface area contributed by atoms with E-state index in [0.29, 0.717) is 0 Å². The van der Waals surface area contributed by atoms with Gasteiger partial charge in [-0.3, -0.25) is 19.1 Å². The van der Waals surface area contributed by atoms with Crippen LogP contribution in [0.15, 0.2) is 44.5 Å². The maximum absolute atomic E-state index is 13.0. The highest BCUT2D eigenvalue weighted by Gasteiger charge is 2.10. The molecule has 19 heavy (non-hydrogen) atoms. The van der Waals surface area contributed by atoms with Gasteiger partial charge in [-0.2, -0.15) is 0 Å². The number of hydrogen-bond donors (Lipinski definition) is 1. The SMILES string of the molecule is O=C(Cn1cc(Br)c(=O)[nH]c1=O)c1cccc(F)c1. The average Bonchev–Trinajstić information content (AvgIpc) is 2.36. The largest absolute Gasteiger partial charge is 0.328 e. The molecule has 0 spiro atoms. The smallest absolute Gasteiger partial charge is 0.292 e. The van der Waals surface area contributed by atoms with Gasteiger partial charge in [-0.1, -0.05) is 12.1 Å². The summed E-state index contributed by atoms with van der Waals surface area (Å²) in [5.74, 6) is -0.957. The van der Waals surface area contributed by atoms with Gasteiger partial charge < -0.3 is 0 Å². The molecule has 1 heterocycles. The molecule has 0 unspecified atom stereocenters. The highest BCUT2D eigenvalue weighted by atomic mass is 79.9. The Hall–Kier alpha value is -2.02. The molecule has 1 N–H and O–H groups in total. The van der Waals surface area contributed by atoms with Crippen LogP contribution in [0.5, 0.6) is 0 Å². The Bertz CT molecular complexity index is 751. The summed E-state index contributed by atoms with van der Waals surface area (Å²) in [4.78, 5) is 36.6. The van der Waals surface area contributed by atoms with Crippen molar-refractivity contribution in [1.29, 1.82) is 0 Å². The standard InChI is InChI=1S/C12H8BrFN2O3/c13-9-5-16(12(19)15-11(9)18)6-10(17)7-2-1-3-8(14)4-7/h1-5H,6H2,(H,15,18,19). The predicted molar refractivity (Wildman–Crippen MR) is 69.8 cm³/mol. The number of aromatic nitrogens is 2. The summed E-state index contributed by atoms with van der Waals surface area (Å²) in [6, 6.07) is 5.18. The fraction of sp³-hybridized carbons (Fsp3) is 0.0833. The second kappa shape index (κ2) is 5.31. The Morgan fingerprint density at radius 2 is 2.11 bits per heavy atom. The van der Waals surface area contributed by atoms with Gasteiger partial charge in [0.2, 0.25) is 0 Å². The molecule has 0 aliphatic heterocycles. The highest BCUT2D eigenvalue weighted by molar-refractivity contribution is 9.10. The normalized spacial score (nSPS) is 10.4. The summed E-state index contributed by atoms with van der Waals surface area (Å²) in [6.45, 7) is -0.280. The monoisotopic (exact) mass is 326 g/mol. The van der Waals surface area contributed by atoms with Crippen LogP contribution >= 0.6 is 15.9 Å². The molecule has 0 atom stereocenters. The minimum atomic E-state index is -0.696. The molecule has 0 fully saturated rings. The molecular weight excluding hydrogens is 319 g/mol. The summed E-state index contributed by atoms with van der Waals surface area (Å²) in [5, 5.41) is 0. The van der Waals surface area contributed by atoms with Crippen molar-refractivity contribution >= 4 is 21.7 Å². The van der Waals surface area contributed by atoms with Gasteiger partial charge in [0.25, 0.3) is 5.56 Å². The van der Waals surface area contributed by atoms with Crippen molar-refractivity contribution in [3.8, 4) is 0 Å². The number of halogens is 2. The molecule has 7 heteroatoms. The lowest BCUT2D eigenvalue weighted by molar-refractivity contribution is 0.0969. The molecule has 2 rings (SSSR count). The van der Waals surface area contributed by atoms with E-state index in [2.05, 4.69) is 20.9 Å². The third kappa shape index (κ3) is 3.05. The van der Waals surface area contributed by atoms with Gasteiger partial charge in [-0.05, 0) is 28.1 Å². The summed E-state index contributed by atoms with van der Waals surface area (Å²) in [6.07, 6.45) is 1.22. The number of ketones is 1. The maximum Gasteiger partial charge on any atom is 0.328 e. The molecule has 0 aliphatic rings. The van der Waals surface area contributed by atoms with Crippen LogP contribution in [-0.4, -0.2) is 15.3 Å². The lowest BCUT2D eigenvalue weighted by Gasteiger charge is -2.05. The summed E-state index contributed by atoms with van der Waals surface area (Å²) < 4.78 is 14.2. The molecule has 2 aromatic rings. The lowest BCUT2D eigenvalue weighted by Crippen LogP contribution is -2.31. The Labute approximate surface area is 114 Å². The van der Waals surface area contributed by atoms with Crippen molar-refractivity contribution in [2.45, 2.75) is 6.54 Å². The molecule has 0 saturated carbocycles. The van der Waals surface area contributed by atoms with Crippen LogP contribution in [0.4, 0.5) is 4.39 Å². The van der Waals surface area contributed by atoms with Gasteiger partial charge in [0.1, 0.15) is 5.82 Å². The van der Waals surface area contributed by atoms with Gasteiger partial charge >= 0.3 is 5.69 Å². The average molecular weight is 327 g/mol. The van der Waals surface area contributed by atoms with Crippen molar-refractivity contribution in [2.24, 2.45) is 0 Å². The molecule has 0 radical (unpaired) electrons. The van der Waals surface area contributed by atoms with E-state index in [1.165, 1.54) is 24.4 Å². The van der Waals surface area contributed by atoms with Crippen molar-refractivity contribution < 1.29 is 9.18 Å². The second-order valence-electron chi connectivity index (χ2n) is 3.80. The van der Waals surface area contributed by atoms with Gasteiger partial charge in [0, 0.05) is 11.8 Å². The number of nitrogens with one attached hydrogen (secondary N) is 1. The van der Waals surface area contributed by atoms with E-state index in [-0.39, 0.29) is 16.6 Å². The van der Waals surface area contributed by atoms with E-state index in [9.17, 15) is 18.8 Å². The molecule has 1 aromatic carbocycles. The number of carbonyl (C=O) groups excluding carboxylic acids is 1. The van der Waals surface area contributed by atoms with Crippen LogP contribution < -0.4 is 11.2 Å². The van der Waals surface area contributed by atoms with Crippen LogP contribution in [0.2, 0.25) is 0 Å². The molecule has 1 aromatic heterocycles. The van der Waals surface area contributed by atoms with E-state index < -0.39 is 22.8 Å². The Morgan fingerprint density at radius 1 is 1.37 bits per heavy atom. The molecule has 5 nitrogen and oxygen atoms in total. The first-order valence-electron chi connectivity index (χ1n) is 5.25. The summed E-state index contributed by atoms with van der Waals surface area (Å²) in [5.41, 5.74) is -1.10. The minimum absolute atomic E-state index is 0.138. The van der Waals surface area contributed by atoms with Crippen molar-refractivity contribution in [1.82, 2.24) is 9.55 Å². The zero-order valence-corrected chi connectivity index (χ0v) is 11.1. The first-order valence-corrected chi connectivity index (χ1v) is 6.04. The second-order valence-corrected chi connectivity index (χ2v) is 4.65. The number of nitrogens with zero attached hydrogens (tertiary/aromatic N) is 1. The summed E-state index contributed by atoms with van der Waals surface area (Å²) in [7, 11) is 0. The van der Waals surface area contributed by atoms with E-state index in [1.807, 2.05) is 0 Å². The van der Waals surface area contributed by atoms with E-state index >= 15 is 0 Å². The Morgan fingerprint density at radius 3 is 2.79 bits per heavy atom. The Kier molecular flexibility index (Phi) is 3.75. The van der Waals surface area contributed by atoms with Crippen molar-refractivity contribution in [3.05, 3.63) is 67.2 Å². The number of benzene rings is 1. The van der Waals surface area contributed by atoms with Gasteiger partial charge in [-0.25, -0.2) is 9.18 Å². The van der Waals surface area contributed by atoms with E-state index in [4.69, 9.17) is 0 Å². The minimum Gasteiger partial charge on any atom is -0.292 e. The Balaban J connectivity index is 2.32. The third-order valence-electron chi connectivity index (χ3n) is 2.43. The first kappa shape index (κ1) is 13.4. The number of carbonyl (C=O) groups is 1. The van der Waals surface area contributed by atoms with Crippen LogP contribution in [0.1, 0.15) is 10.4 Å². The van der Waals surface area contributed by atoms with E-state index in [1.54, 1.807) is 0 Å². The van der Waals surface area contributed by atoms with Crippen LogP contribution in [0, 0.1) is 5.82 Å². The molecule has 98 valence electrons. The van der Waals surface area contributed by atoms with Gasteiger partial charge in [-0.15, -0.1) is 0 Å². The summed E-state index contributed by atoms with van der Waals surface area (Å²) >= 11 is 2.96. The first-order chi connectivity index (χ1) is 8.97. The number of Topliss-reactive ketones (excluding diaryl/α,β-unsaturated/α-hetero) is 1. The zero-order chi connectivity index (χ0) is 14.0. The molecule has 0 bridgehead atoms. The van der Waals surface area contributed by atoms with Crippen LogP contribution in [-0.2, 0) is 6.54 Å². The zero-order valence-electron chi connectivity index (χ0n) is 9.52. The van der Waals surface area contributed by atoms with Gasteiger partial charge in [0.05, 0.1) is 11.0 Å². The van der Waals surface area contributed by atoms with Crippen LogP contribution in [0.3, 0.4) is 0 Å². The predicted octanol–water partition coefficient (Wildman–Crippen LogP) is 1.32. The third-order valence-corrected chi connectivity index (χ3v) is 2.99. The molecule has 0 saturated heterocycles. The van der Waals surface area contributed by atoms with E-state index in [0.717, 1.165) is 10.6 Å². The molecule has 0 amide bonds.